The number of aromatic amines is 2. The number of aromatic nitrogens is 8. The maximum atomic E-state index is 6.26. The lowest BCUT2D eigenvalue weighted by Crippen LogP contribution is -2.22. The molecule has 0 unspecified atom stereocenters. The fourth-order valence-electron chi connectivity index (χ4n) is 8.12. The summed E-state index contributed by atoms with van der Waals surface area (Å²) in [6, 6.07) is 47.4. The first kappa shape index (κ1) is 46.3. The minimum atomic E-state index is -1.20. The molecule has 6 aromatic carbocycles. The molecule has 0 aliphatic heterocycles. The lowest BCUT2D eigenvalue weighted by atomic mass is 10.0. The molecule has 68 heavy (non-hydrogen) atoms. The number of rotatable bonds is 16. The minimum Gasteiger partial charge on any atom is -0.497 e. The average Bonchev–Trinajstić information content (AvgIpc) is 4.14. The van der Waals surface area contributed by atoms with Crippen molar-refractivity contribution >= 4 is 60.0 Å². The van der Waals surface area contributed by atoms with Gasteiger partial charge in [-0.05, 0) is 107 Å². The van der Waals surface area contributed by atoms with Gasteiger partial charge >= 0.3 is 0 Å². The van der Waals surface area contributed by atoms with Gasteiger partial charge in [-0.15, -0.1) is 0 Å². The largest absolute Gasteiger partial charge is 0.497 e. The van der Waals surface area contributed by atoms with Gasteiger partial charge in [0.1, 0.15) is 36.3 Å². The summed E-state index contributed by atoms with van der Waals surface area (Å²) >= 11 is 0. The van der Waals surface area contributed by atoms with E-state index >= 15 is 0 Å². The Balaban J connectivity index is 0.000000189. The van der Waals surface area contributed by atoms with Crippen LogP contribution in [0.3, 0.4) is 0 Å². The zero-order valence-electron chi connectivity index (χ0n) is 40.3. The summed E-state index contributed by atoms with van der Waals surface area (Å²) in [5, 5.41) is 14.8. The van der Waals surface area contributed by atoms with E-state index in [1.54, 1.807) is 14.2 Å². The highest BCUT2D eigenvalue weighted by Gasteiger charge is 2.22. The minimum absolute atomic E-state index is 0.395. The number of fused-ring (bicyclic) bond motifs is 4. The Morgan fingerprint density at radius 1 is 0.529 bits per heavy atom. The third-order valence-electron chi connectivity index (χ3n) is 12.0. The number of hydrogen-bond donors (Lipinski definition) is 2. The van der Waals surface area contributed by atoms with Crippen molar-refractivity contribution in [3.8, 4) is 56.8 Å². The second-order valence-electron chi connectivity index (χ2n) is 19.5. The summed E-state index contributed by atoms with van der Waals surface area (Å²) in [6.45, 7) is 16.5. The molecule has 10 aromatic rings. The summed E-state index contributed by atoms with van der Waals surface area (Å²) in [5.41, 5.74) is 11.9. The van der Waals surface area contributed by atoms with E-state index in [1.807, 2.05) is 71.4 Å². The van der Waals surface area contributed by atoms with E-state index in [1.165, 1.54) is 0 Å². The highest BCUT2D eigenvalue weighted by molar-refractivity contribution is 6.76. The van der Waals surface area contributed by atoms with Gasteiger partial charge in [-0.25, -0.2) is 14.6 Å². The number of methoxy groups -OCH3 is 2. The van der Waals surface area contributed by atoms with Crippen LogP contribution in [0.4, 0.5) is 0 Å². The molecule has 348 valence electrons. The van der Waals surface area contributed by atoms with Gasteiger partial charge in [-0.1, -0.05) is 99.9 Å². The van der Waals surface area contributed by atoms with Crippen LogP contribution >= 0.6 is 0 Å². The molecule has 0 spiro atoms. The van der Waals surface area contributed by atoms with Gasteiger partial charge in [0.05, 0.1) is 47.3 Å². The molecule has 0 atom stereocenters. The van der Waals surface area contributed by atoms with Crippen molar-refractivity contribution in [2.75, 3.05) is 27.4 Å². The Hall–Kier alpha value is -6.85. The molecule has 0 aliphatic rings. The Labute approximate surface area is 399 Å². The van der Waals surface area contributed by atoms with Crippen LogP contribution in [-0.4, -0.2) is 83.1 Å². The summed E-state index contributed by atoms with van der Waals surface area (Å²) in [5.74, 6) is 3.24. The number of H-pyrrole nitrogens is 2. The standard InChI is InChI=1S/C33H44N4O3Si2.C21H16N4O/c1-38-27-12-10-11-25(21-27)26-15-16-30-28(22-26)32(35-37(30)24-40-18-20-42(5,6)7)33-34-29-13-8-9-14-31(29)36(33)23-39-17-19-41(2,3)4;1-26-15-6-4-5-13(11-15)14-9-10-17-16(12-14)20(25-24-17)21-22-18-7-2-3-8-19(18)23-21/h8-16,21-22H,17-20,23-24H2,1-7H3;2-12H,1H3,(H,22,23)(H,24,25). The van der Waals surface area contributed by atoms with Gasteiger partial charge in [0.15, 0.2) is 11.6 Å². The number of imidazole rings is 2. The van der Waals surface area contributed by atoms with Gasteiger partial charge in [-0.3, -0.25) is 9.67 Å². The Morgan fingerprint density at radius 3 is 1.79 bits per heavy atom. The quantitative estimate of drug-likeness (QED) is 0.0723. The van der Waals surface area contributed by atoms with E-state index in [4.69, 9.17) is 29.0 Å². The Kier molecular flexibility index (Phi) is 13.5. The third-order valence-corrected chi connectivity index (χ3v) is 15.4. The maximum absolute atomic E-state index is 6.26. The SMILES string of the molecule is COc1cccc(-c2ccc3[nH]nc(-c4nc5ccccc5[nH]4)c3c2)c1.COc1cccc(-c2ccc3c(c2)c(-c2nc4ccccc4n2COCC[Si](C)(C)C)nn3COCC[Si](C)(C)C)c1. The van der Waals surface area contributed by atoms with Crippen LogP contribution in [0.25, 0.3) is 89.2 Å². The van der Waals surface area contributed by atoms with Crippen molar-refractivity contribution in [1.82, 2.24) is 39.5 Å². The number of ether oxygens (including phenoxy) is 4. The van der Waals surface area contributed by atoms with Crippen molar-refractivity contribution in [2.45, 2.75) is 64.8 Å². The van der Waals surface area contributed by atoms with Gasteiger partial charge in [0.25, 0.3) is 0 Å². The van der Waals surface area contributed by atoms with E-state index < -0.39 is 16.1 Å². The summed E-state index contributed by atoms with van der Waals surface area (Å²) in [4.78, 5) is 13.1. The molecule has 2 N–H and O–H groups in total. The molecule has 0 bridgehead atoms. The highest BCUT2D eigenvalue weighted by Crippen LogP contribution is 2.35. The molecule has 4 aromatic heterocycles. The molecule has 10 rings (SSSR count). The molecule has 12 nitrogen and oxygen atoms in total. The predicted molar refractivity (Wildman–Crippen MR) is 282 cm³/mol. The van der Waals surface area contributed by atoms with E-state index in [0.29, 0.717) is 13.5 Å². The molecule has 0 radical (unpaired) electrons. The second kappa shape index (κ2) is 19.8. The number of nitrogens with one attached hydrogen (secondary N) is 2. The summed E-state index contributed by atoms with van der Waals surface area (Å²) < 4.78 is 27.4. The molecule has 0 amide bonds. The van der Waals surface area contributed by atoms with E-state index in [-0.39, 0.29) is 0 Å². The van der Waals surface area contributed by atoms with Crippen LogP contribution in [0.15, 0.2) is 133 Å². The highest BCUT2D eigenvalue weighted by atomic mass is 28.3. The summed E-state index contributed by atoms with van der Waals surface area (Å²) in [6.07, 6.45) is 0. The molecule has 0 aliphatic carbocycles. The van der Waals surface area contributed by atoms with Crippen molar-refractivity contribution in [2.24, 2.45) is 0 Å². The van der Waals surface area contributed by atoms with Crippen molar-refractivity contribution in [1.29, 1.82) is 0 Å². The number of nitrogens with zero attached hydrogens (tertiary/aromatic N) is 6. The van der Waals surface area contributed by atoms with Gasteiger partial charge < -0.3 is 23.9 Å². The van der Waals surface area contributed by atoms with Crippen LogP contribution in [-0.2, 0) is 22.9 Å². The fraction of sp³-hybridized carbons (Fsp3) is 0.259. The maximum Gasteiger partial charge on any atom is 0.164 e. The lowest BCUT2D eigenvalue weighted by Gasteiger charge is -2.16. The zero-order valence-corrected chi connectivity index (χ0v) is 42.3. The molecule has 4 heterocycles. The number of para-hydroxylation sites is 4. The number of benzene rings is 6. The molecule has 14 heteroatoms. The molecule has 0 saturated heterocycles. The Bertz CT molecular complexity index is 3310. The third kappa shape index (κ3) is 10.5. The molecular formula is C54H60N8O4Si2. The zero-order chi connectivity index (χ0) is 47.4. The summed E-state index contributed by atoms with van der Waals surface area (Å²) in [7, 11) is 0.979. The topological polar surface area (TPSA) is 130 Å². The van der Waals surface area contributed by atoms with Crippen LogP contribution in [0.2, 0.25) is 51.4 Å². The average molecular weight is 941 g/mol. The monoisotopic (exact) mass is 940 g/mol. The first-order valence-electron chi connectivity index (χ1n) is 23.2. The molecule has 0 fully saturated rings. The lowest BCUT2D eigenvalue weighted by molar-refractivity contribution is 0.0817. The number of hydrogen-bond acceptors (Lipinski definition) is 8. The fourth-order valence-corrected chi connectivity index (χ4v) is 9.63. The first-order chi connectivity index (χ1) is 32.8. The van der Waals surface area contributed by atoms with Crippen LogP contribution in [0.1, 0.15) is 0 Å². The molecular weight excluding hydrogens is 881 g/mol. The van der Waals surface area contributed by atoms with Crippen LogP contribution < -0.4 is 9.47 Å². The smallest absolute Gasteiger partial charge is 0.164 e. The second-order valence-corrected chi connectivity index (χ2v) is 30.8. The van der Waals surface area contributed by atoms with Crippen molar-refractivity contribution < 1.29 is 18.9 Å². The van der Waals surface area contributed by atoms with Crippen LogP contribution in [0, 0.1) is 0 Å². The predicted octanol–water partition coefficient (Wildman–Crippen LogP) is 13.1. The van der Waals surface area contributed by atoms with Gasteiger partial charge in [0, 0.05) is 40.1 Å². The van der Waals surface area contributed by atoms with Gasteiger partial charge in [0.2, 0.25) is 0 Å². The van der Waals surface area contributed by atoms with E-state index in [9.17, 15) is 0 Å². The van der Waals surface area contributed by atoms with E-state index in [2.05, 4.69) is 131 Å². The van der Waals surface area contributed by atoms with Crippen molar-refractivity contribution in [3.63, 3.8) is 0 Å². The van der Waals surface area contributed by atoms with Gasteiger partial charge in [-0.2, -0.15) is 10.2 Å². The normalized spacial score (nSPS) is 12.0. The van der Waals surface area contributed by atoms with E-state index in [0.717, 1.165) is 126 Å². The molecule has 0 saturated carbocycles. The van der Waals surface area contributed by atoms with Crippen LogP contribution in [0.5, 0.6) is 11.5 Å². The Morgan fingerprint density at radius 2 is 1.13 bits per heavy atom. The first-order valence-corrected chi connectivity index (χ1v) is 30.6. The van der Waals surface area contributed by atoms with Crippen molar-refractivity contribution in [3.05, 3.63) is 133 Å².